The molecule has 0 N–H and O–H groups in total. The molecule has 0 aliphatic carbocycles. The van der Waals surface area contributed by atoms with Crippen molar-refractivity contribution in [1.82, 2.24) is 39.9 Å². The Kier molecular flexibility index (Phi) is 29.6. The molecule has 0 saturated carbocycles. The number of pyridine rings is 8. The molecule has 0 unspecified atom stereocenters. The Bertz CT molecular complexity index is 8320. The van der Waals surface area contributed by atoms with Crippen LogP contribution in [0, 0.1) is 76.1 Å². The summed E-state index contributed by atoms with van der Waals surface area (Å²) in [4.78, 5) is 34.4. The minimum absolute atomic E-state index is 0. The normalized spacial score (nSPS) is 13.3. The van der Waals surface area contributed by atoms with E-state index < -0.39 is 52.9 Å². The SMILES string of the molecule is CC(C)c1ccnc(-c2[c-]ccc3c2oc2ccccc23)c1.Cc1cc(-c2[c-]cccc2)ncc1-c1ccccc1.Cc1ccc(-c2[c-]cccc2)nc1.[2H]C([2H])([2H])C([2H])(c1ccnc(-c2[c-]ccc3c2oc2ccccc23)c1)C([2H])([2H])[2H].[2H]C([2H])([2H])C([2H])(c1ccnc(-c2[c-]ccc3c2oc2ccccc23)c1)C([2H])([2H])[2H].[2H]C([2H])([2H])c1ccc(-c2[c-]cccc2)nc1.[2H]C([2H])([2H])c1ccc(-c2[c-]cccc2)nc1.[Ir].[Ir].[Ir].[Ir].[c-]1ccccc1-c1ccccn1. The van der Waals surface area contributed by atoms with Crippen molar-refractivity contribution < 1.29 is 121 Å². The molecule has 11 nitrogen and oxygen atoms in total. The van der Waals surface area contributed by atoms with Crippen molar-refractivity contribution in [3.05, 3.63) is 495 Å². The minimum atomic E-state index is -3.06. The summed E-state index contributed by atoms with van der Waals surface area (Å²) in [6.45, 7) is -7.91. The van der Waals surface area contributed by atoms with Crippen molar-refractivity contribution in [2.75, 3.05) is 0 Å². The average Bonchev–Trinajstić information content (AvgIpc) is 1.05. The van der Waals surface area contributed by atoms with Gasteiger partial charge in [-0.15, -0.1) is 234 Å². The van der Waals surface area contributed by atoms with Crippen LogP contribution in [0.3, 0.4) is 0 Å². The molecule has 12 aromatic carbocycles. The van der Waals surface area contributed by atoms with Crippen LogP contribution in [0.15, 0.2) is 421 Å². The average molecular weight is 2550 g/mol. The molecule has 11 heterocycles. The standard InChI is InChI=1S/3C20H16NO.C18H14N.3C12H10N.C11H8N.4Ir/c3*1-13(2)14-10-11-21-18(12-14)17-8-5-7-16-15-6-3-4-9-19(15)22-20(16)17;1-14-12-18(16-10-6-3-7-11-16)19-13-17(14)15-8-4-2-5-9-15;3*1-10-7-8-12(13-9-10)11-5-3-2-4-6-11;1-2-6-10(7-3-1)11-8-4-5-9-12-11;;;;/h3*3-7,9-13H,1-2H3;2-10,12-13H,1H3;3*2-5,7-9H,1H3;1-6,8-9H;;;;/q8*-1;;;;/i2*1D3,2D3,13D;;;2*1D3;;;;;;. The fourth-order valence-corrected chi connectivity index (χ4v) is 14.7. The minimum Gasteiger partial charge on any atom is -0.501 e. The van der Waals surface area contributed by atoms with Gasteiger partial charge in [0.2, 0.25) is 0 Å². The van der Waals surface area contributed by atoms with E-state index in [4.69, 9.17) is 40.7 Å². The Morgan fingerprint density at radius 1 is 0.264 bits per heavy atom. The maximum Gasteiger partial charge on any atom is 0.120 e. The van der Waals surface area contributed by atoms with E-state index in [1.165, 1.54) is 76.9 Å². The van der Waals surface area contributed by atoms with Crippen LogP contribution in [-0.4, -0.2) is 39.9 Å². The quantitative estimate of drug-likeness (QED) is 0.108. The molecule has 0 aliphatic heterocycles. The Morgan fingerprint density at radius 2 is 0.593 bits per heavy atom. The van der Waals surface area contributed by atoms with Crippen LogP contribution < -0.4 is 0 Å². The number of furan rings is 3. The third kappa shape index (κ3) is 27.3. The molecule has 0 bridgehead atoms. The third-order valence-corrected chi connectivity index (χ3v) is 21.6. The van der Waals surface area contributed by atoms with E-state index >= 15 is 0 Å². The topological polar surface area (TPSA) is 143 Å². The summed E-state index contributed by atoms with van der Waals surface area (Å²) in [5, 5.41) is 5.74. The van der Waals surface area contributed by atoms with Crippen LogP contribution in [0.25, 0.3) is 167 Å². The first-order chi connectivity index (χ1) is 74.6. The first kappa shape index (κ1) is 79.7. The van der Waals surface area contributed by atoms with Crippen molar-refractivity contribution in [2.45, 2.75) is 86.5 Å². The van der Waals surface area contributed by atoms with E-state index in [9.17, 15) is 0 Å². The van der Waals surface area contributed by atoms with Gasteiger partial charge in [-0.25, -0.2) is 0 Å². The summed E-state index contributed by atoms with van der Waals surface area (Å²) in [5.74, 6) is -5.12. The van der Waals surface area contributed by atoms with Gasteiger partial charge in [0.1, 0.15) is 16.7 Å². The zero-order valence-electron chi connectivity index (χ0n) is 95.9. The molecule has 0 spiro atoms. The van der Waals surface area contributed by atoms with Crippen molar-refractivity contribution in [3.8, 4) is 101 Å². The molecule has 702 valence electrons. The number of aryl methyl sites for hydroxylation is 4. The fraction of sp³-hybridized carbons (Fsp3) is 0.104. The molecule has 0 atom stereocenters. The number of benzene rings is 12. The van der Waals surface area contributed by atoms with E-state index in [1.807, 2.05) is 262 Å². The monoisotopic (exact) mass is 2550 g/mol. The van der Waals surface area contributed by atoms with Gasteiger partial charge in [0.15, 0.2) is 0 Å². The molecule has 4 radical (unpaired) electrons. The summed E-state index contributed by atoms with van der Waals surface area (Å²) in [5.41, 5.74) is 23.0. The molecule has 11 aromatic heterocycles. The molecule has 15 heteroatoms. The Hall–Kier alpha value is -14.2. The van der Waals surface area contributed by atoms with E-state index in [0.717, 1.165) is 111 Å². The number of aromatic nitrogens is 8. The largest absolute Gasteiger partial charge is 0.501 e. The van der Waals surface area contributed by atoms with Crippen molar-refractivity contribution >= 4 is 65.8 Å². The van der Waals surface area contributed by atoms with Gasteiger partial charge in [0, 0.05) is 179 Å². The van der Waals surface area contributed by atoms with E-state index in [1.54, 1.807) is 54.7 Å². The predicted molar refractivity (Wildman–Crippen MR) is 557 cm³/mol. The summed E-state index contributed by atoms with van der Waals surface area (Å²) < 4.78 is 171. The molecule has 23 aromatic rings. The summed E-state index contributed by atoms with van der Waals surface area (Å²) in [6.07, 6.45) is 12.9. The van der Waals surface area contributed by atoms with Gasteiger partial charge in [0.05, 0.1) is 16.7 Å². The second-order valence-electron chi connectivity index (χ2n) is 31.3. The summed E-state index contributed by atoms with van der Waals surface area (Å²) in [7, 11) is 0. The van der Waals surface area contributed by atoms with Gasteiger partial charge in [-0.3, -0.25) is 0 Å². The zero-order valence-corrected chi connectivity index (χ0v) is 85.5. The second kappa shape index (κ2) is 52.0. The fourth-order valence-electron chi connectivity index (χ4n) is 14.7. The van der Waals surface area contributed by atoms with Crippen LogP contribution in [0.1, 0.15) is 125 Å². The number of para-hydroxylation sites is 3. The number of nitrogens with zero attached hydrogens (tertiary/aromatic N) is 8. The van der Waals surface area contributed by atoms with Gasteiger partial charge in [-0.05, 0) is 161 Å². The van der Waals surface area contributed by atoms with Crippen LogP contribution in [-0.2, 0) is 80.4 Å². The van der Waals surface area contributed by atoms with Crippen molar-refractivity contribution in [3.63, 3.8) is 0 Å². The molecule has 23 rings (SSSR count). The Balaban J connectivity index is 0.000000163. The van der Waals surface area contributed by atoms with Gasteiger partial charge >= 0.3 is 0 Å². The third-order valence-electron chi connectivity index (χ3n) is 21.6. The maximum atomic E-state index is 8.39. The van der Waals surface area contributed by atoms with Crippen LogP contribution in [0.4, 0.5) is 0 Å². The number of rotatable bonds is 12. The summed E-state index contributed by atoms with van der Waals surface area (Å²) in [6, 6.07) is 136. The molecule has 0 aliphatic rings. The van der Waals surface area contributed by atoms with E-state index in [-0.39, 0.29) is 114 Å². The van der Waals surface area contributed by atoms with Gasteiger partial charge < -0.3 is 53.1 Å². The Labute approximate surface area is 902 Å². The smallest absolute Gasteiger partial charge is 0.120 e. The zero-order chi connectivity index (χ0) is 111. The number of hydrogen-bond donors (Lipinski definition) is 0. The first-order valence-electron chi connectivity index (χ1n) is 53.6. The van der Waals surface area contributed by atoms with Crippen LogP contribution in [0.5, 0.6) is 0 Å². The molecule has 0 fully saturated rings. The van der Waals surface area contributed by atoms with Gasteiger partial charge in [-0.2, -0.15) is 0 Å². The second-order valence-corrected chi connectivity index (χ2v) is 31.3. The van der Waals surface area contributed by atoms with Gasteiger partial charge in [-0.1, -0.05) is 249 Å². The maximum absolute atomic E-state index is 8.39. The van der Waals surface area contributed by atoms with E-state index in [2.05, 4.69) is 158 Å². The number of hydrogen-bond acceptors (Lipinski definition) is 11. The molecular weight excluding hydrogens is 2430 g/mol. The predicted octanol–water partition coefficient (Wildman–Crippen LogP) is 32.3. The van der Waals surface area contributed by atoms with Crippen molar-refractivity contribution in [1.29, 1.82) is 0 Å². The van der Waals surface area contributed by atoms with Crippen molar-refractivity contribution in [2.24, 2.45) is 0 Å². The van der Waals surface area contributed by atoms with Crippen LogP contribution >= 0.6 is 0 Å². The molecule has 140 heavy (non-hydrogen) atoms. The number of fused-ring (bicyclic) bond motifs is 9. The molecule has 0 amide bonds. The van der Waals surface area contributed by atoms with Crippen LogP contribution in [0.2, 0.25) is 0 Å². The van der Waals surface area contributed by atoms with Gasteiger partial charge in [0.25, 0.3) is 0 Å². The Morgan fingerprint density at radius 3 is 0.929 bits per heavy atom. The molecular formula is C125H100Ir4N8O3-8. The molecule has 0 saturated heterocycles. The van der Waals surface area contributed by atoms with E-state index in [0.29, 0.717) is 39.4 Å². The summed E-state index contributed by atoms with van der Waals surface area (Å²) >= 11 is 0. The first-order valence-corrected chi connectivity index (χ1v) is 43.6.